The van der Waals surface area contributed by atoms with E-state index in [-0.39, 0.29) is 6.10 Å². The van der Waals surface area contributed by atoms with Gasteiger partial charge >= 0.3 is 0 Å². The van der Waals surface area contributed by atoms with E-state index in [9.17, 15) is 5.11 Å². The first-order valence-corrected chi connectivity index (χ1v) is 5.10. The maximum atomic E-state index is 9.85. The van der Waals surface area contributed by atoms with Crippen molar-refractivity contribution in [3.05, 3.63) is 45.4 Å². The van der Waals surface area contributed by atoms with Crippen LogP contribution in [-0.2, 0) is 0 Å². The van der Waals surface area contributed by atoms with E-state index in [2.05, 4.69) is 22.9 Å². The van der Waals surface area contributed by atoms with E-state index in [4.69, 9.17) is 0 Å². The van der Waals surface area contributed by atoms with Crippen LogP contribution in [0.15, 0.2) is 39.9 Å². The third-order valence-corrected chi connectivity index (χ3v) is 2.92. The van der Waals surface area contributed by atoms with Crippen molar-refractivity contribution < 1.29 is 5.11 Å². The summed E-state index contributed by atoms with van der Waals surface area (Å²) in [6.07, 6.45) is 0.616. The molecule has 1 aliphatic carbocycles. The minimum Gasteiger partial charge on any atom is -0.384 e. The van der Waals surface area contributed by atoms with Crippen LogP contribution in [0.4, 0.5) is 0 Å². The van der Waals surface area contributed by atoms with E-state index in [1.165, 1.54) is 11.1 Å². The second-order valence-corrected chi connectivity index (χ2v) is 4.35. The van der Waals surface area contributed by atoms with Gasteiger partial charge in [0.05, 0.1) is 0 Å². The van der Waals surface area contributed by atoms with Gasteiger partial charge in [-0.1, -0.05) is 33.6 Å². The molecule has 1 aromatic carbocycles. The zero-order valence-electron chi connectivity index (χ0n) is 7.42. The molecule has 2 rings (SSSR count). The van der Waals surface area contributed by atoms with Gasteiger partial charge in [-0.05, 0) is 36.6 Å². The molecule has 0 fully saturated rings. The Morgan fingerprint density at radius 1 is 1.31 bits per heavy atom. The minimum atomic E-state index is -0.381. The molecule has 0 spiro atoms. The lowest BCUT2D eigenvalue weighted by molar-refractivity contribution is 0.220. The molecule has 0 heterocycles. The zero-order valence-corrected chi connectivity index (χ0v) is 9.01. The van der Waals surface area contributed by atoms with Gasteiger partial charge in [-0.15, -0.1) is 0 Å². The number of aliphatic hydroxyl groups excluding tert-OH is 1. The van der Waals surface area contributed by atoms with Gasteiger partial charge in [0.25, 0.3) is 0 Å². The van der Waals surface area contributed by atoms with Crippen molar-refractivity contribution in [2.75, 3.05) is 0 Å². The second-order valence-electron chi connectivity index (χ2n) is 3.44. The van der Waals surface area contributed by atoms with Gasteiger partial charge in [-0.25, -0.2) is 0 Å². The Morgan fingerprint density at radius 3 is 2.31 bits per heavy atom. The quantitative estimate of drug-likeness (QED) is 0.785. The molecule has 0 bridgehead atoms. The predicted molar refractivity (Wildman–Crippen MR) is 56.4 cm³/mol. The molecular weight excluding hydrogens is 228 g/mol. The molecule has 1 N–H and O–H groups in total. The first-order chi connectivity index (χ1) is 6.18. The highest BCUT2D eigenvalue weighted by Gasteiger charge is 2.25. The van der Waals surface area contributed by atoms with E-state index in [1.807, 2.05) is 24.3 Å². The fourth-order valence-corrected chi connectivity index (χ4v) is 1.68. The van der Waals surface area contributed by atoms with E-state index < -0.39 is 0 Å². The summed E-state index contributed by atoms with van der Waals surface area (Å²) in [5, 5.41) is 9.85. The molecule has 0 aliphatic heterocycles. The summed E-state index contributed by atoms with van der Waals surface area (Å²) in [6, 6.07) is 7.81. The van der Waals surface area contributed by atoms with Gasteiger partial charge in [-0.2, -0.15) is 0 Å². The van der Waals surface area contributed by atoms with Crippen LogP contribution in [0, 0.1) is 0 Å². The largest absolute Gasteiger partial charge is 0.384 e. The summed E-state index contributed by atoms with van der Waals surface area (Å²) < 4.78 is 1.05. The van der Waals surface area contributed by atoms with E-state index in [1.54, 1.807) is 0 Å². The third-order valence-electron chi connectivity index (χ3n) is 2.39. The number of hydrogen-bond acceptors (Lipinski definition) is 1. The minimum absolute atomic E-state index is 0.381. The van der Waals surface area contributed by atoms with Crippen molar-refractivity contribution in [3.63, 3.8) is 0 Å². The van der Waals surface area contributed by atoms with Crippen molar-refractivity contribution in [2.45, 2.75) is 19.4 Å². The molecule has 0 aromatic heterocycles. The van der Waals surface area contributed by atoms with E-state index >= 15 is 0 Å². The van der Waals surface area contributed by atoms with Crippen molar-refractivity contribution in [3.8, 4) is 0 Å². The molecule has 1 atom stereocenters. The molecule has 1 aliphatic rings. The van der Waals surface area contributed by atoms with Gasteiger partial charge in [0.15, 0.2) is 0 Å². The Balaban J connectivity index is 2.21. The van der Waals surface area contributed by atoms with Crippen LogP contribution in [-0.4, -0.2) is 5.11 Å². The number of halogens is 1. The number of hydrogen-bond donors (Lipinski definition) is 1. The lowest BCUT2D eigenvalue weighted by Crippen LogP contribution is -1.93. The van der Waals surface area contributed by atoms with Crippen LogP contribution >= 0.6 is 15.9 Å². The van der Waals surface area contributed by atoms with Crippen LogP contribution in [0.5, 0.6) is 0 Å². The number of aliphatic hydroxyl groups is 1. The highest BCUT2D eigenvalue weighted by Crippen LogP contribution is 2.40. The Hall–Kier alpha value is -0.600. The van der Waals surface area contributed by atoms with Crippen molar-refractivity contribution in [1.29, 1.82) is 0 Å². The molecule has 0 saturated heterocycles. The van der Waals surface area contributed by atoms with Crippen molar-refractivity contribution >= 4 is 15.9 Å². The van der Waals surface area contributed by atoms with Crippen molar-refractivity contribution in [2.24, 2.45) is 0 Å². The number of benzene rings is 1. The SMILES string of the molecule is CC1=C([C@H](O)c2ccc(Br)cc2)C1. The first kappa shape index (κ1) is 8.97. The molecule has 0 saturated carbocycles. The van der Waals surface area contributed by atoms with Crippen LogP contribution in [0.3, 0.4) is 0 Å². The molecule has 68 valence electrons. The molecule has 0 radical (unpaired) electrons. The lowest BCUT2D eigenvalue weighted by Gasteiger charge is -2.06. The van der Waals surface area contributed by atoms with E-state index in [0.29, 0.717) is 0 Å². The van der Waals surface area contributed by atoms with Crippen LogP contribution in [0.25, 0.3) is 0 Å². The van der Waals surface area contributed by atoms with Gasteiger partial charge in [0.1, 0.15) is 6.10 Å². The highest BCUT2D eigenvalue weighted by molar-refractivity contribution is 9.10. The maximum Gasteiger partial charge on any atom is 0.101 e. The van der Waals surface area contributed by atoms with Crippen LogP contribution < -0.4 is 0 Å². The summed E-state index contributed by atoms with van der Waals surface area (Å²) in [7, 11) is 0. The van der Waals surface area contributed by atoms with Gasteiger partial charge in [-0.3, -0.25) is 0 Å². The summed E-state index contributed by atoms with van der Waals surface area (Å²) in [4.78, 5) is 0. The highest BCUT2D eigenvalue weighted by atomic mass is 79.9. The summed E-state index contributed by atoms with van der Waals surface area (Å²) >= 11 is 3.37. The monoisotopic (exact) mass is 238 g/mol. The summed E-state index contributed by atoms with van der Waals surface area (Å²) in [5.41, 5.74) is 3.49. The molecule has 0 amide bonds. The fraction of sp³-hybridized carbons (Fsp3) is 0.273. The van der Waals surface area contributed by atoms with Crippen LogP contribution in [0.1, 0.15) is 25.0 Å². The predicted octanol–water partition coefficient (Wildman–Crippen LogP) is 3.20. The standard InChI is InChI=1S/C11H11BrO/c1-7-6-10(7)11(13)8-2-4-9(12)5-3-8/h2-5,11,13H,6H2,1H3/t11-/m1/s1. The zero-order chi connectivity index (χ0) is 9.42. The van der Waals surface area contributed by atoms with Crippen LogP contribution in [0.2, 0.25) is 0 Å². The topological polar surface area (TPSA) is 20.2 Å². The molecule has 0 unspecified atom stereocenters. The van der Waals surface area contributed by atoms with Gasteiger partial charge in [0, 0.05) is 4.47 Å². The fourth-order valence-electron chi connectivity index (χ4n) is 1.42. The molecule has 13 heavy (non-hydrogen) atoms. The first-order valence-electron chi connectivity index (χ1n) is 4.30. The maximum absolute atomic E-state index is 9.85. The van der Waals surface area contributed by atoms with Crippen molar-refractivity contribution in [1.82, 2.24) is 0 Å². The van der Waals surface area contributed by atoms with Gasteiger partial charge in [0.2, 0.25) is 0 Å². The van der Waals surface area contributed by atoms with E-state index in [0.717, 1.165) is 16.5 Å². The molecule has 2 heteroatoms. The number of rotatable bonds is 2. The Morgan fingerprint density at radius 2 is 1.85 bits per heavy atom. The Labute approximate surface area is 86.2 Å². The summed E-state index contributed by atoms with van der Waals surface area (Å²) in [5.74, 6) is 0. The number of allylic oxidation sites excluding steroid dienone is 1. The third kappa shape index (κ3) is 1.84. The normalized spacial score (nSPS) is 17.5. The summed E-state index contributed by atoms with van der Waals surface area (Å²) in [6.45, 7) is 2.07. The Kier molecular flexibility index (Phi) is 2.26. The molecule has 1 nitrogen and oxygen atoms in total. The average Bonchev–Trinajstić information content (AvgIpc) is 2.83. The second kappa shape index (κ2) is 3.28. The molecular formula is C11H11BrO. The Bertz CT molecular complexity index is 351. The lowest BCUT2D eigenvalue weighted by atomic mass is 10.1. The van der Waals surface area contributed by atoms with Gasteiger partial charge < -0.3 is 5.11 Å². The molecule has 1 aromatic rings. The smallest absolute Gasteiger partial charge is 0.101 e. The average molecular weight is 239 g/mol.